The van der Waals surface area contributed by atoms with Gasteiger partial charge in [-0.05, 0) is 43.7 Å². The fourth-order valence-electron chi connectivity index (χ4n) is 2.50. The van der Waals surface area contributed by atoms with Crippen LogP contribution < -0.4 is 9.64 Å². The molecule has 0 fully saturated rings. The van der Waals surface area contributed by atoms with Crippen molar-refractivity contribution in [2.45, 2.75) is 19.9 Å². The molecule has 0 aliphatic rings. The molecule has 0 aromatic heterocycles. The Hall–Kier alpha value is -2.49. The Morgan fingerprint density at radius 3 is 2.23 bits per heavy atom. The molecule has 0 heterocycles. The van der Waals surface area contributed by atoms with E-state index in [-0.39, 0.29) is 0 Å². The van der Waals surface area contributed by atoms with E-state index in [2.05, 4.69) is 0 Å². The first kappa shape index (κ1) is 15.9. The number of hydrogen-bond donors (Lipinski definition) is 1. The molecular weight excluding hydrogens is 278 g/mol. The SMILES string of the molecule is CCOc1ccc(C(C(=O)O)N(CC)c2ccccc2)cc1. The molecule has 0 saturated heterocycles. The number of carboxylic acid groups (broad SMARTS) is 1. The Morgan fingerprint density at radius 2 is 1.73 bits per heavy atom. The molecule has 0 aliphatic heterocycles. The van der Waals surface area contributed by atoms with Crippen LogP contribution in [-0.4, -0.2) is 24.2 Å². The molecule has 0 saturated carbocycles. The average Bonchev–Trinajstić information content (AvgIpc) is 2.54. The van der Waals surface area contributed by atoms with E-state index in [0.717, 1.165) is 17.0 Å². The van der Waals surface area contributed by atoms with E-state index < -0.39 is 12.0 Å². The molecule has 2 rings (SSSR count). The van der Waals surface area contributed by atoms with Gasteiger partial charge in [-0.3, -0.25) is 0 Å². The predicted molar refractivity (Wildman–Crippen MR) is 87.4 cm³/mol. The Balaban J connectivity index is 2.34. The van der Waals surface area contributed by atoms with Crippen molar-refractivity contribution in [1.29, 1.82) is 0 Å². The third-order valence-corrected chi connectivity index (χ3v) is 3.48. The second kappa shape index (κ2) is 7.50. The third-order valence-electron chi connectivity index (χ3n) is 3.48. The number of para-hydroxylation sites is 1. The van der Waals surface area contributed by atoms with Crippen LogP contribution in [0.4, 0.5) is 5.69 Å². The predicted octanol–water partition coefficient (Wildman–Crippen LogP) is 3.74. The number of rotatable bonds is 7. The first-order chi connectivity index (χ1) is 10.7. The monoisotopic (exact) mass is 299 g/mol. The molecule has 0 amide bonds. The Bertz CT molecular complexity index is 595. The van der Waals surface area contributed by atoms with Gasteiger partial charge in [0.05, 0.1) is 6.61 Å². The molecule has 22 heavy (non-hydrogen) atoms. The minimum atomic E-state index is -0.866. The Kier molecular flexibility index (Phi) is 5.42. The van der Waals surface area contributed by atoms with Crippen molar-refractivity contribution in [2.75, 3.05) is 18.1 Å². The molecule has 1 atom stereocenters. The topological polar surface area (TPSA) is 49.8 Å². The van der Waals surface area contributed by atoms with Crippen LogP contribution in [0.5, 0.6) is 5.75 Å². The van der Waals surface area contributed by atoms with Gasteiger partial charge in [-0.25, -0.2) is 4.79 Å². The number of likely N-dealkylation sites (N-methyl/N-ethyl adjacent to an activating group) is 1. The number of carbonyl (C=O) groups is 1. The van der Waals surface area contributed by atoms with Crippen LogP contribution >= 0.6 is 0 Å². The van der Waals surface area contributed by atoms with Gasteiger partial charge >= 0.3 is 5.97 Å². The molecule has 2 aromatic rings. The van der Waals surface area contributed by atoms with Crippen molar-refractivity contribution >= 4 is 11.7 Å². The zero-order valence-corrected chi connectivity index (χ0v) is 12.9. The lowest BCUT2D eigenvalue weighted by Crippen LogP contribution is -2.34. The Morgan fingerprint density at radius 1 is 1.09 bits per heavy atom. The van der Waals surface area contributed by atoms with Gasteiger partial charge in [-0.15, -0.1) is 0 Å². The van der Waals surface area contributed by atoms with E-state index in [9.17, 15) is 9.90 Å². The number of ether oxygens (including phenoxy) is 1. The quantitative estimate of drug-likeness (QED) is 0.846. The molecule has 116 valence electrons. The summed E-state index contributed by atoms with van der Waals surface area (Å²) in [4.78, 5) is 13.7. The summed E-state index contributed by atoms with van der Waals surface area (Å²) < 4.78 is 5.41. The van der Waals surface area contributed by atoms with Gasteiger partial charge in [0.2, 0.25) is 0 Å². The second-order valence-corrected chi connectivity index (χ2v) is 4.86. The number of hydrogen-bond acceptors (Lipinski definition) is 3. The summed E-state index contributed by atoms with van der Waals surface area (Å²) in [5.41, 5.74) is 1.63. The first-order valence-electron chi connectivity index (χ1n) is 7.44. The normalized spacial score (nSPS) is 11.7. The van der Waals surface area contributed by atoms with E-state index in [4.69, 9.17) is 4.74 Å². The van der Waals surface area contributed by atoms with Crippen molar-refractivity contribution in [3.63, 3.8) is 0 Å². The molecule has 1 N–H and O–H groups in total. The number of aliphatic carboxylic acids is 1. The lowest BCUT2D eigenvalue weighted by Gasteiger charge is -2.30. The number of nitrogens with zero attached hydrogens (tertiary/aromatic N) is 1. The van der Waals surface area contributed by atoms with Crippen molar-refractivity contribution < 1.29 is 14.6 Å². The van der Waals surface area contributed by atoms with E-state index in [1.807, 2.05) is 73.3 Å². The lowest BCUT2D eigenvalue weighted by molar-refractivity contribution is -0.138. The van der Waals surface area contributed by atoms with Gasteiger partial charge in [0, 0.05) is 12.2 Å². The van der Waals surface area contributed by atoms with Gasteiger partial charge in [-0.1, -0.05) is 30.3 Å². The van der Waals surface area contributed by atoms with Gasteiger partial charge in [0.1, 0.15) is 5.75 Å². The molecule has 4 heteroatoms. The highest BCUT2D eigenvalue weighted by atomic mass is 16.5. The van der Waals surface area contributed by atoms with Crippen molar-refractivity contribution in [2.24, 2.45) is 0 Å². The maximum atomic E-state index is 11.8. The van der Waals surface area contributed by atoms with Gasteiger partial charge in [0.15, 0.2) is 6.04 Å². The second-order valence-electron chi connectivity index (χ2n) is 4.86. The van der Waals surface area contributed by atoms with E-state index in [1.165, 1.54) is 0 Å². The summed E-state index contributed by atoms with van der Waals surface area (Å²) in [5.74, 6) is -0.118. The smallest absolute Gasteiger partial charge is 0.331 e. The highest BCUT2D eigenvalue weighted by molar-refractivity contribution is 5.80. The van der Waals surface area contributed by atoms with Crippen molar-refractivity contribution in [1.82, 2.24) is 0 Å². The molecule has 0 radical (unpaired) electrons. The summed E-state index contributed by atoms with van der Waals surface area (Å²) in [5, 5.41) is 9.69. The van der Waals surface area contributed by atoms with Gasteiger partial charge in [0.25, 0.3) is 0 Å². The van der Waals surface area contributed by atoms with E-state index >= 15 is 0 Å². The molecule has 0 spiro atoms. The standard InChI is InChI=1S/C18H21NO3/c1-3-19(15-8-6-5-7-9-15)17(18(20)21)14-10-12-16(13-11-14)22-4-2/h5-13,17H,3-4H2,1-2H3,(H,20,21). The van der Waals surface area contributed by atoms with Gasteiger partial charge in [-0.2, -0.15) is 0 Å². The zero-order chi connectivity index (χ0) is 15.9. The van der Waals surface area contributed by atoms with Crippen LogP contribution in [0.25, 0.3) is 0 Å². The van der Waals surface area contributed by atoms with Crippen LogP contribution in [0.15, 0.2) is 54.6 Å². The fraction of sp³-hybridized carbons (Fsp3) is 0.278. The first-order valence-corrected chi connectivity index (χ1v) is 7.44. The highest BCUT2D eigenvalue weighted by Crippen LogP contribution is 2.28. The molecule has 4 nitrogen and oxygen atoms in total. The van der Waals surface area contributed by atoms with Crippen LogP contribution in [0.2, 0.25) is 0 Å². The minimum Gasteiger partial charge on any atom is -0.494 e. The summed E-state index contributed by atoms with van der Waals surface area (Å²) in [6.45, 7) is 5.07. The number of carboxylic acids is 1. The van der Waals surface area contributed by atoms with Crippen LogP contribution in [0.3, 0.4) is 0 Å². The number of anilines is 1. The van der Waals surface area contributed by atoms with E-state index in [1.54, 1.807) is 0 Å². The molecule has 1 unspecified atom stereocenters. The van der Waals surface area contributed by atoms with Crippen molar-refractivity contribution in [3.8, 4) is 5.75 Å². The third kappa shape index (κ3) is 3.58. The maximum absolute atomic E-state index is 11.8. The summed E-state index contributed by atoms with van der Waals surface area (Å²) in [6.07, 6.45) is 0. The molecular formula is C18H21NO3. The van der Waals surface area contributed by atoms with Crippen molar-refractivity contribution in [3.05, 3.63) is 60.2 Å². The van der Waals surface area contributed by atoms with Crippen LogP contribution in [0.1, 0.15) is 25.5 Å². The Labute approximate surface area is 131 Å². The largest absolute Gasteiger partial charge is 0.494 e. The minimum absolute atomic E-state index is 0.590. The lowest BCUT2D eigenvalue weighted by atomic mass is 10.0. The summed E-state index contributed by atoms with van der Waals surface area (Å²) >= 11 is 0. The van der Waals surface area contributed by atoms with E-state index in [0.29, 0.717) is 13.2 Å². The zero-order valence-electron chi connectivity index (χ0n) is 12.9. The summed E-state index contributed by atoms with van der Waals surface area (Å²) in [6, 6.07) is 16.1. The molecule has 0 aliphatic carbocycles. The molecule has 2 aromatic carbocycles. The number of benzene rings is 2. The fourth-order valence-corrected chi connectivity index (χ4v) is 2.50. The van der Waals surface area contributed by atoms with Crippen LogP contribution in [-0.2, 0) is 4.79 Å². The van der Waals surface area contributed by atoms with Crippen LogP contribution in [0, 0.1) is 0 Å². The van der Waals surface area contributed by atoms with Gasteiger partial charge < -0.3 is 14.7 Å². The average molecular weight is 299 g/mol. The summed E-state index contributed by atoms with van der Waals surface area (Å²) in [7, 11) is 0. The maximum Gasteiger partial charge on any atom is 0.331 e. The highest BCUT2D eigenvalue weighted by Gasteiger charge is 2.26. The molecule has 0 bridgehead atoms.